The minimum atomic E-state index is -8.68. The van der Waals surface area contributed by atoms with E-state index in [0.717, 1.165) is 6.08 Å². The number of rotatable bonds is 21. The maximum absolute atomic E-state index is 14.8. The van der Waals surface area contributed by atoms with Crippen LogP contribution in [-0.2, 0) is 9.22 Å². The molecule has 0 aliphatic carbocycles. The van der Waals surface area contributed by atoms with Gasteiger partial charge in [0.1, 0.15) is 12.4 Å². The Morgan fingerprint density at radius 1 is 0.732 bits per heavy atom. The molecule has 56 heavy (non-hydrogen) atoms. The minimum Gasteiger partial charge on any atom is -0.491 e. The fraction of sp³-hybridized carbons (Fsp3) is 0.656. The van der Waals surface area contributed by atoms with Crippen LogP contribution >= 0.6 is 0 Å². The van der Waals surface area contributed by atoms with Crippen LogP contribution in [0.15, 0.2) is 48.1 Å². The SMILES string of the molecule is CC(/C=C/C[C@@H](O)c1ccc(OCCO[Si](CCC(F)(F)C(F)(F)C(F)(F)C(F)(F)C(F)(F)C(F)(F)C(F)(F)C(F)(F)F)(C(C)C)C(C)C)cc1)=C\C(=O)NO. The molecule has 0 fully saturated rings. The lowest BCUT2D eigenvalue weighted by molar-refractivity contribution is -0.461. The summed E-state index contributed by atoms with van der Waals surface area (Å²) < 4.78 is 245. The molecule has 1 amide bonds. The number of amides is 1. The maximum atomic E-state index is 14.8. The van der Waals surface area contributed by atoms with E-state index in [4.69, 9.17) is 14.4 Å². The summed E-state index contributed by atoms with van der Waals surface area (Å²) in [5, 5.41) is 18.9. The molecule has 324 valence electrons. The van der Waals surface area contributed by atoms with Gasteiger partial charge < -0.3 is 14.3 Å². The predicted molar refractivity (Wildman–Crippen MR) is 166 cm³/mol. The third-order valence-corrected chi connectivity index (χ3v) is 14.5. The standard InChI is InChI=1S/C32H38F17NO5Si/c1-18(2)56(19(3)4,55-15-14-54-22-11-9-21(10-12-22)23(51)8-6-7-20(5)17-24(52)50-53)16-13-25(33,34)26(35,36)27(37,38)28(39,40)29(41,42)30(43,44)31(45,46)32(47,48)49/h6-7,9-12,17-19,23,51,53H,8,13-16H2,1-5H3,(H,50,52)/b7-6+,20-17+/t23-/m1/s1. The summed E-state index contributed by atoms with van der Waals surface area (Å²) in [5.74, 6) is -57.3. The molecule has 0 aliphatic heterocycles. The van der Waals surface area contributed by atoms with Crippen molar-refractivity contribution in [2.45, 2.75) is 118 Å². The van der Waals surface area contributed by atoms with Crippen LogP contribution in [0, 0.1) is 0 Å². The number of carbonyl (C=O) groups is 1. The van der Waals surface area contributed by atoms with Crippen molar-refractivity contribution in [2.75, 3.05) is 13.2 Å². The van der Waals surface area contributed by atoms with Crippen molar-refractivity contribution in [3.05, 3.63) is 53.6 Å². The van der Waals surface area contributed by atoms with Crippen molar-refractivity contribution in [1.29, 1.82) is 0 Å². The molecule has 0 saturated carbocycles. The number of aliphatic hydroxyl groups is 1. The first-order valence-electron chi connectivity index (χ1n) is 16.1. The first-order chi connectivity index (χ1) is 25.1. The van der Waals surface area contributed by atoms with E-state index in [9.17, 15) is 84.5 Å². The molecule has 1 atom stereocenters. The first-order valence-corrected chi connectivity index (χ1v) is 18.4. The molecule has 1 aromatic rings. The number of carbonyl (C=O) groups excluding carboxylic acids is 1. The molecule has 3 N–H and O–H groups in total. The minimum absolute atomic E-state index is 0.0887. The summed E-state index contributed by atoms with van der Waals surface area (Å²) in [5.41, 5.74) is 0.541. The van der Waals surface area contributed by atoms with Crippen LogP contribution in [0.1, 0.15) is 59.1 Å². The summed E-state index contributed by atoms with van der Waals surface area (Å²) >= 11 is 0. The Labute approximate surface area is 309 Å². The monoisotopic (exact) mass is 867 g/mol. The van der Waals surface area contributed by atoms with E-state index in [2.05, 4.69) is 0 Å². The van der Waals surface area contributed by atoms with Gasteiger partial charge in [-0.1, -0.05) is 52.0 Å². The lowest BCUT2D eigenvalue weighted by Crippen LogP contribution is -2.74. The topological polar surface area (TPSA) is 88.0 Å². The van der Waals surface area contributed by atoms with Gasteiger partial charge in [-0.15, -0.1) is 0 Å². The number of ether oxygens (including phenoxy) is 1. The van der Waals surface area contributed by atoms with Crippen LogP contribution < -0.4 is 10.2 Å². The van der Waals surface area contributed by atoms with E-state index < -0.39 is 98.1 Å². The van der Waals surface area contributed by atoms with E-state index in [1.54, 1.807) is 6.92 Å². The van der Waals surface area contributed by atoms with Gasteiger partial charge in [-0.05, 0) is 53.7 Å². The van der Waals surface area contributed by atoms with Gasteiger partial charge in [0.25, 0.3) is 5.91 Å². The third-order valence-electron chi connectivity index (χ3n) is 8.77. The highest BCUT2D eigenvalue weighted by Crippen LogP contribution is 2.64. The van der Waals surface area contributed by atoms with Crippen molar-refractivity contribution in [1.82, 2.24) is 5.48 Å². The second-order valence-electron chi connectivity index (χ2n) is 13.2. The second-order valence-corrected chi connectivity index (χ2v) is 18.2. The summed E-state index contributed by atoms with van der Waals surface area (Å²) in [7, 11) is -3.95. The fourth-order valence-electron chi connectivity index (χ4n) is 5.34. The summed E-state index contributed by atoms with van der Waals surface area (Å²) in [4.78, 5) is 11.1. The zero-order valence-corrected chi connectivity index (χ0v) is 30.9. The molecule has 0 heterocycles. The fourth-order valence-corrected chi connectivity index (χ4v) is 9.81. The van der Waals surface area contributed by atoms with Crippen LogP contribution in [0.3, 0.4) is 0 Å². The average Bonchev–Trinajstić information content (AvgIpc) is 3.06. The molecule has 0 spiro atoms. The second kappa shape index (κ2) is 17.8. The van der Waals surface area contributed by atoms with Gasteiger partial charge in [-0.25, -0.2) is 5.48 Å². The Balaban J connectivity index is 3.17. The Kier molecular flexibility index (Phi) is 16.2. The van der Waals surface area contributed by atoms with Crippen molar-refractivity contribution in [2.24, 2.45) is 0 Å². The molecular weight excluding hydrogens is 829 g/mol. The molecule has 1 aromatic carbocycles. The van der Waals surface area contributed by atoms with Gasteiger partial charge in [0.2, 0.25) is 0 Å². The number of hydrogen-bond acceptors (Lipinski definition) is 5. The van der Waals surface area contributed by atoms with Crippen molar-refractivity contribution < 1.29 is 98.9 Å². The maximum Gasteiger partial charge on any atom is 0.460 e. The molecule has 0 unspecified atom stereocenters. The summed E-state index contributed by atoms with van der Waals surface area (Å²) in [6.07, 6.45) is -7.20. The van der Waals surface area contributed by atoms with Gasteiger partial charge in [0, 0.05) is 12.5 Å². The third kappa shape index (κ3) is 9.93. The lowest BCUT2D eigenvalue weighted by atomic mass is 9.88. The molecular formula is C32H38F17NO5Si. The Morgan fingerprint density at radius 2 is 1.18 bits per heavy atom. The van der Waals surface area contributed by atoms with Gasteiger partial charge >= 0.3 is 47.6 Å². The van der Waals surface area contributed by atoms with E-state index in [1.807, 2.05) is 0 Å². The Hall–Kier alpha value is -3.12. The van der Waals surface area contributed by atoms with Crippen molar-refractivity contribution >= 4 is 14.2 Å². The number of benzene rings is 1. The van der Waals surface area contributed by atoms with Crippen LogP contribution in [0.25, 0.3) is 0 Å². The smallest absolute Gasteiger partial charge is 0.460 e. The molecule has 0 aliphatic rings. The van der Waals surface area contributed by atoms with E-state index in [0.29, 0.717) is 11.1 Å². The van der Waals surface area contributed by atoms with E-state index in [1.165, 1.54) is 69.6 Å². The zero-order chi connectivity index (χ0) is 44.1. The summed E-state index contributed by atoms with van der Waals surface area (Å²) in [6, 6.07) is 4.35. The number of hydroxylamine groups is 1. The highest BCUT2D eigenvalue weighted by atomic mass is 28.4. The predicted octanol–water partition coefficient (Wildman–Crippen LogP) is 10.7. The summed E-state index contributed by atoms with van der Waals surface area (Å²) in [6.45, 7) is 5.94. The number of halogens is 17. The number of hydrogen-bond donors (Lipinski definition) is 3. The number of alkyl halides is 17. The van der Waals surface area contributed by atoms with Gasteiger partial charge in [0.15, 0.2) is 8.32 Å². The number of aliphatic hydroxyl groups excluding tert-OH is 1. The lowest BCUT2D eigenvalue weighted by Gasteiger charge is -2.44. The number of nitrogens with one attached hydrogen (secondary N) is 1. The molecule has 6 nitrogen and oxygen atoms in total. The van der Waals surface area contributed by atoms with Crippen molar-refractivity contribution in [3.8, 4) is 5.75 Å². The average molecular weight is 868 g/mol. The molecule has 0 aromatic heterocycles. The van der Waals surface area contributed by atoms with Gasteiger partial charge in [0.05, 0.1) is 12.7 Å². The first kappa shape index (κ1) is 50.9. The molecule has 24 heteroatoms. The Morgan fingerprint density at radius 3 is 1.61 bits per heavy atom. The van der Waals surface area contributed by atoms with Crippen LogP contribution in [0.5, 0.6) is 5.75 Å². The number of allylic oxidation sites excluding steroid dienone is 2. The molecule has 0 radical (unpaired) electrons. The zero-order valence-electron chi connectivity index (χ0n) is 29.9. The van der Waals surface area contributed by atoms with Crippen LogP contribution in [0.4, 0.5) is 74.6 Å². The molecule has 1 rings (SSSR count). The van der Waals surface area contributed by atoms with Crippen LogP contribution in [-0.4, -0.2) is 85.4 Å². The van der Waals surface area contributed by atoms with E-state index in [-0.39, 0.29) is 18.8 Å². The normalized spacial score (nSPS) is 15.6. The molecule has 0 saturated heterocycles. The Bertz CT molecular complexity index is 1510. The van der Waals surface area contributed by atoms with E-state index >= 15 is 0 Å². The highest BCUT2D eigenvalue weighted by molar-refractivity contribution is 6.76. The van der Waals surface area contributed by atoms with Gasteiger partial charge in [-0.2, -0.15) is 74.6 Å². The van der Waals surface area contributed by atoms with Crippen LogP contribution in [0.2, 0.25) is 17.1 Å². The quantitative estimate of drug-likeness (QED) is 0.0218. The van der Waals surface area contributed by atoms with Crippen molar-refractivity contribution in [3.63, 3.8) is 0 Å². The van der Waals surface area contributed by atoms with Gasteiger partial charge in [-0.3, -0.25) is 10.0 Å². The largest absolute Gasteiger partial charge is 0.491 e. The molecule has 0 bridgehead atoms. The highest BCUT2D eigenvalue weighted by Gasteiger charge is 2.95.